The number of ether oxygens (including phenoxy) is 1. The van der Waals surface area contributed by atoms with Gasteiger partial charge in [-0.3, -0.25) is 0 Å². The molecule has 1 aliphatic carbocycles. The third-order valence-corrected chi connectivity index (χ3v) is 8.31. The molecule has 0 saturated heterocycles. The zero-order valence-corrected chi connectivity index (χ0v) is 21.2. The van der Waals surface area contributed by atoms with Gasteiger partial charge in [0.05, 0.1) is 5.39 Å². The summed E-state index contributed by atoms with van der Waals surface area (Å²) in [5.74, 6) is 2.39. The van der Waals surface area contributed by atoms with Gasteiger partial charge in [0, 0.05) is 17.8 Å². The van der Waals surface area contributed by atoms with Crippen LogP contribution >= 0.6 is 0 Å². The summed E-state index contributed by atoms with van der Waals surface area (Å²) >= 11 is 0. The molecule has 1 unspecified atom stereocenters. The molecule has 1 aliphatic heterocycles. The van der Waals surface area contributed by atoms with E-state index in [1.165, 1.54) is 56.1 Å². The number of aromatic nitrogens is 3. The molecule has 1 fully saturated rings. The molecule has 5 nitrogen and oxygen atoms in total. The minimum atomic E-state index is 0.0894. The monoisotopic (exact) mass is 480 g/mol. The van der Waals surface area contributed by atoms with E-state index < -0.39 is 0 Å². The van der Waals surface area contributed by atoms with Gasteiger partial charge in [0.2, 0.25) is 0 Å². The molecule has 36 heavy (non-hydrogen) atoms. The van der Waals surface area contributed by atoms with E-state index in [2.05, 4.69) is 71.2 Å². The van der Waals surface area contributed by atoms with Crippen LogP contribution in [0.1, 0.15) is 81.6 Å². The molecular weight excluding hydrogens is 444 g/mol. The Balaban J connectivity index is 1.33. The molecule has 3 heterocycles. The topological polar surface area (TPSA) is 66.0 Å². The van der Waals surface area contributed by atoms with Crippen LogP contribution in [0.15, 0.2) is 61.1 Å². The lowest BCUT2D eigenvalue weighted by molar-refractivity contribution is 0.177. The molecule has 0 bridgehead atoms. The molecule has 2 aromatic carbocycles. The lowest BCUT2D eigenvalue weighted by atomic mass is 9.83. The lowest BCUT2D eigenvalue weighted by Gasteiger charge is -2.29. The first kappa shape index (κ1) is 23.1. The predicted molar refractivity (Wildman–Crippen MR) is 146 cm³/mol. The van der Waals surface area contributed by atoms with Crippen LogP contribution in [-0.2, 0) is 6.42 Å². The van der Waals surface area contributed by atoms with Gasteiger partial charge in [0.1, 0.15) is 29.6 Å². The number of fused-ring (bicyclic) bond motifs is 2. The summed E-state index contributed by atoms with van der Waals surface area (Å²) in [6, 6.07) is 17.6. The normalized spacial score (nSPS) is 21.8. The van der Waals surface area contributed by atoms with Gasteiger partial charge >= 0.3 is 0 Å². The number of benzene rings is 2. The van der Waals surface area contributed by atoms with Gasteiger partial charge < -0.3 is 15.0 Å². The van der Waals surface area contributed by atoms with E-state index in [9.17, 15) is 0 Å². The molecule has 0 radical (unpaired) electrons. The van der Waals surface area contributed by atoms with Crippen molar-refractivity contribution >= 4 is 16.9 Å². The first-order chi connectivity index (χ1) is 17.7. The fraction of sp³-hybridized carbons (Fsp3) is 0.419. The summed E-state index contributed by atoms with van der Waals surface area (Å²) < 4.78 is 8.90. The Hall–Kier alpha value is -3.34. The van der Waals surface area contributed by atoms with Crippen molar-refractivity contribution < 1.29 is 4.74 Å². The maximum atomic E-state index is 6.52. The summed E-state index contributed by atoms with van der Waals surface area (Å²) in [4.78, 5) is 9.07. The average Bonchev–Trinajstić information content (AvgIpc) is 3.33. The minimum absolute atomic E-state index is 0.0894. The molecule has 2 aliphatic rings. The van der Waals surface area contributed by atoms with Crippen LogP contribution in [0.3, 0.4) is 0 Å². The number of nitrogens with zero attached hydrogens (tertiary/aromatic N) is 3. The molecule has 2 N–H and O–H groups in total. The Kier molecular flexibility index (Phi) is 6.39. The first-order valence-electron chi connectivity index (χ1n) is 13.7. The van der Waals surface area contributed by atoms with Crippen molar-refractivity contribution in [3.63, 3.8) is 0 Å². The predicted octanol–water partition coefficient (Wildman–Crippen LogP) is 7.67. The summed E-state index contributed by atoms with van der Waals surface area (Å²) in [7, 11) is 0. The molecule has 186 valence electrons. The number of nitrogen functional groups attached to an aromatic ring is 1. The number of hydrogen-bond acceptors (Lipinski definition) is 4. The van der Waals surface area contributed by atoms with E-state index in [0.29, 0.717) is 11.9 Å². The molecule has 1 saturated carbocycles. The summed E-state index contributed by atoms with van der Waals surface area (Å²) in [5.41, 5.74) is 12.1. The molecule has 0 spiro atoms. The molecular formula is C31H36N4O. The van der Waals surface area contributed by atoms with Crippen LogP contribution in [0.5, 0.6) is 5.75 Å². The van der Waals surface area contributed by atoms with Crippen LogP contribution in [0.2, 0.25) is 0 Å². The minimum Gasteiger partial charge on any atom is -0.485 e. The zero-order valence-electron chi connectivity index (χ0n) is 21.2. The highest BCUT2D eigenvalue weighted by atomic mass is 16.5. The highest BCUT2D eigenvalue weighted by molar-refractivity contribution is 6.00. The fourth-order valence-corrected chi connectivity index (χ4v) is 6.25. The number of unbranched alkanes of at least 4 members (excludes halogenated alkanes) is 1. The van der Waals surface area contributed by atoms with Gasteiger partial charge in [-0.2, -0.15) is 0 Å². The van der Waals surface area contributed by atoms with Gasteiger partial charge in [0.25, 0.3) is 0 Å². The number of rotatable bonds is 6. The van der Waals surface area contributed by atoms with E-state index in [-0.39, 0.29) is 6.10 Å². The van der Waals surface area contributed by atoms with Crippen molar-refractivity contribution in [1.29, 1.82) is 0 Å². The quantitative estimate of drug-likeness (QED) is 0.307. The number of hydrogen-bond donors (Lipinski definition) is 1. The highest BCUT2D eigenvalue weighted by Crippen LogP contribution is 2.42. The Morgan fingerprint density at radius 3 is 2.64 bits per heavy atom. The molecule has 6 rings (SSSR count). The van der Waals surface area contributed by atoms with Gasteiger partial charge in [-0.25, -0.2) is 9.97 Å². The molecule has 5 heteroatoms. The smallest absolute Gasteiger partial charge is 0.146 e. The third kappa shape index (κ3) is 4.36. The van der Waals surface area contributed by atoms with Crippen LogP contribution in [0, 0.1) is 5.92 Å². The Morgan fingerprint density at radius 2 is 1.83 bits per heavy atom. The van der Waals surface area contributed by atoms with E-state index in [0.717, 1.165) is 46.7 Å². The Bertz CT molecular complexity index is 1340. The molecule has 2 aromatic heterocycles. The second-order valence-corrected chi connectivity index (χ2v) is 10.6. The van der Waals surface area contributed by atoms with Crippen LogP contribution in [0.4, 0.5) is 5.82 Å². The Labute approximate surface area is 213 Å². The van der Waals surface area contributed by atoms with Crippen LogP contribution < -0.4 is 10.5 Å². The fourth-order valence-electron chi connectivity index (χ4n) is 6.25. The summed E-state index contributed by atoms with van der Waals surface area (Å²) in [5, 5.41) is 0.959. The van der Waals surface area contributed by atoms with Crippen molar-refractivity contribution in [3.8, 4) is 16.9 Å². The largest absolute Gasteiger partial charge is 0.485 e. The van der Waals surface area contributed by atoms with Crippen molar-refractivity contribution in [3.05, 3.63) is 72.2 Å². The number of anilines is 1. The van der Waals surface area contributed by atoms with Gasteiger partial charge in [-0.05, 0) is 67.2 Å². The standard InChI is InChI=1S/C31H36N4O/c1-2-3-7-21-10-15-25(16-11-21)35-19-26(29-30(32)33-20-34-31(29)35)24-13-12-23-14-17-27(36-28(23)18-24)22-8-5-4-6-9-22/h4-6,8-9,12-13,18-21,25,27H,2-3,7,10-11,14-17H2,1H3,(H2,32,33,34). The highest BCUT2D eigenvalue weighted by Gasteiger charge is 2.27. The maximum absolute atomic E-state index is 6.52. The molecule has 1 atom stereocenters. The van der Waals surface area contributed by atoms with Gasteiger partial charge in [-0.1, -0.05) is 68.7 Å². The second kappa shape index (κ2) is 9.96. The molecule has 0 amide bonds. The number of nitrogens with two attached hydrogens (primary N) is 1. The van der Waals surface area contributed by atoms with Gasteiger partial charge in [-0.15, -0.1) is 0 Å². The van der Waals surface area contributed by atoms with E-state index in [1.807, 2.05) is 0 Å². The summed E-state index contributed by atoms with van der Waals surface area (Å²) in [6.45, 7) is 2.29. The Morgan fingerprint density at radius 1 is 1.00 bits per heavy atom. The maximum Gasteiger partial charge on any atom is 0.146 e. The third-order valence-electron chi connectivity index (χ3n) is 8.31. The van der Waals surface area contributed by atoms with Crippen LogP contribution in [-0.4, -0.2) is 14.5 Å². The van der Waals surface area contributed by atoms with Crippen molar-refractivity contribution in [2.75, 3.05) is 5.73 Å². The van der Waals surface area contributed by atoms with E-state index >= 15 is 0 Å². The average molecular weight is 481 g/mol. The SMILES string of the molecule is CCCCC1CCC(n2cc(-c3ccc4c(c3)OC(c3ccccc3)CC4)c3c(N)ncnc32)CC1. The lowest BCUT2D eigenvalue weighted by Crippen LogP contribution is -2.18. The van der Waals surface area contributed by atoms with Crippen molar-refractivity contribution in [2.24, 2.45) is 5.92 Å². The second-order valence-electron chi connectivity index (χ2n) is 10.6. The van der Waals surface area contributed by atoms with Gasteiger partial charge in [0.15, 0.2) is 0 Å². The first-order valence-corrected chi connectivity index (χ1v) is 13.7. The van der Waals surface area contributed by atoms with E-state index in [4.69, 9.17) is 15.5 Å². The van der Waals surface area contributed by atoms with Crippen molar-refractivity contribution in [1.82, 2.24) is 14.5 Å². The van der Waals surface area contributed by atoms with Crippen molar-refractivity contribution in [2.45, 2.75) is 76.9 Å². The number of aryl methyl sites for hydroxylation is 1. The zero-order chi connectivity index (χ0) is 24.5. The summed E-state index contributed by atoms with van der Waals surface area (Å²) in [6.07, 6.45) is 15.0. The molecule has 4 aromatic rings. The van der Waals surface area contributed by atoms with Crippen LogP contribution in [0.25, 0.3) is 22.2 Å². The van der Waals surface area contributed by atoms with E-state index in [1.54, 1.807) is 6.33 Å².